The lowest BCUT2D eigenvalue weighted by Gasteiger charge is -2.20. The van der Waals surface area contributed by atoms with Crippen molar-refractivity contribution < 1.29 is 14.6 Å². The van der Waals surface area contributed by atoms with Gasteiger partial charge in [-0.3, -0.25) is 9.48 Å². The maximum absolute atomic E-state index is 11.0. The van der Waals surface area contributed by atoms with Crippen LogP contribution in [-0.4, -0.2) is 20.9 Å². The van der Waals surface area contributed by atoms with Gasteiger partial charge in [-0.05, 0) is 31.4 Å². The maximum atomic E-state index is 11.0. The first-order valence-electron chi connectivity index (χ1n) is 7.39. The van der Waals surface area contributed by atoms with Crippen LogP contribution in [0.4, 0.5) is 0 Å². The Bertz CT molecular complexity index is 667. The number of ether oxygens (including phenoxy) is 1. The Labute approximate surface area is 128 Å². The maximum Gasteiger partial charge on any atom is 0.325 e. The van der Waals surface area contributed by atoms with Gasteiger partial charge in [-0.25, -0.2) is 0 Å². The first-order chi connectivity index (χ1) is 10.6. The minimum atomic E-state index is -0.903. The summed E-state index contributed by atoms with van der Waals surface area (Å²) in [6, 6.07) is 9.38. The number of nitrogens with two attached hydrogens (primary N) is 1. The number of aromatic nitrogens is 2. The van der Waals surface area contributed by atoms with Gasteiger partial charge in [0.05, 0.1) is 0 Å². The van der Waals surface area contributed by atoms with Gasteiger partial charge < -0.3 is 15.6 Å². The molecule has 0 radical (unpaired) electrons. The highest BCUT2D eigenvalue weighted by atomic mass is 16.5. The van der Waals surface area contributed by atoms with Crippen molar-refractivity contribution in [3.05, 3.63) is 47.3 Å². The number of hydrogen-bond donors (Lipinski definition) is 2. The van der Waals surface area contributed by atoms with Gasteiger partial charge in [0.15, 0.2) is 0 Å². The number of fused-ring (bicyclic) bond motifs is 1. The van der Waals surface area contributed by atoms with Crippen LogP contribution in [0, 0.1) is 0 Å². The van der Waals surface area contributed by atoms with Crippen LogP contribution in [0.25, 0.3) is 0 Å². The van der Waals surface area contributed by atoms with Gasteiger partial charge in [-0.15, -0.1) is 0 Å². The number of aliphatic carboxylic acids is 1. The highest BCUT2D eigenvalue weighted by molar-refractivity contribution is 5.66. The lowest BCUT2D eigenvalue weighted by molar-refractivity contribution is -0.137. The van der Waals surface area contributed by atoms with Gasteiger partial charge in [0.2, 0.25) is 0 Å². The lowest BCUT2D eigenvalue weighted by atomic mass is 9.91. The van der Waals surface area contributed by atoms with Crippen molar-refractivity contribution in [2.24, 2.45) is 5.73 Å². The standard InChI is InChI=1S/C16H19N3O3/c17-12-7-4-8-14-16(12)13(18-19(14)9-15(20)21)10-22-11-5-2-1-3-6-11/h1-3,5-6,12H,4,7-10,17H2,(H,20,21). The Morgan fingerprint density at radius 2 is 2.18 bits per heavy atom. The van der Waals surface area contributed by atoms with Gasteiger partial charge in [-0.2, -0.15) is 5.10 Å². The highest BCUT2D eigenvalue weighted by Gasteiger charge is 2.27. The average Bonchev–Trinajstić information content (AvgIpc) is 2.85. The SMILES string of the molecule is NC1CCCc2c1c(COc1ccccc1)nn2CC(=O)O. The predicted octanol–water partition coefficient (Wildman–Crippen LogP) is 1.88. The molecule has 1 heterocycles. The molecular formula is C16H19N3O3. The van der Waals surface area contributed by atoms with Crippen LogP contribution in [0.1, 0.15) is 35.8 Å². The molecule has 0 amide bonds. The summed E-state index contributed by atoms with van der Waals surface area (Å²) in [5, 5.41) is 13.5. The zero-order valence-corrected chi connectivity index (χ0v) is 12.2. The van der Waals surface area contributed by atoms with E-state index in [0.717, 1.165) is 42.0 Å². The highest BCUT2D eigenvalue weighted by Crippen LogP contribution is 2.31. The smallest absolute Gasteiger partial charge is 0.325 e. The minimum Gasteiger partial charge on any atom is -0.487 e. The quantitative estimate of drug-likeness (QED) is 0.880. The van der Waals surface area contributed by atoms with E-state index in [1.165, 1.54) is 0 Å². The lowest BCUT2D eigenvalue weighted by Crippen LogP contribution is -2.20. The van der Waals surface area contributed by atoms with Crippen molar-refractivity contribution in [3.8, 4) is 5.75 Å². The molecule has 0 saturated heterocycles. The molecule has 0 fully saturated rings. The zero-order valence-electron chi connectivity index (χ0n) is 12.2. The molecule has 0 aliphatic heterocycles. The number of carbonyl (C=O) groups is 1. The van der Waals surface area contributed by atoms with Crippen LogP contribution in [0.15, 0.2) is 30.3 Å². The molecule has 1 aromatic heterocycles. The molecule has 6 nitrogen and oxygen atoms in total. The Kier molecular flexibility index (Phi) is 4.11. The summed E-state index contributed by atoms with van der Waals surface area (Å²) < 4.78 is 7.30. The van der Waals surface area contributed by atoms with E-state index in [1.807, 2.05) is 30.3 Å². The van der Waals surface area contributed by atoms with Gasteiger partial charge in [0, 0.05) is 17.3 Å². The Balaban J connectivity index is 1.86. The van der Waals surface area contributed by atoms with E-state index in [1.54, 1.807) is 4.68 Å². The van der Waals surface area contributed by atoms with Gasteiger partial charge in [0.1, 0.15) is 24.6 Å². The number of hydrogen-bond acceptors (Lipinski definition) is 4. The van der Waals surface area contributed by atoms with Crippen LogP contribution in [0.3, 0.4) is 0 Å². The van der Waals surface area contributed by atoms with Crippen molar-refractivity contribution in [1.29, 1.82) is 0 Å². The van der Waals surface area contributed by atoms with Crippen molar-refractivity contribution in [3.63, 3.8) is 0 Å². The zero-order chi connectivity index (χ0) is 15.5. The molecule has 1 unspecified atom stereocenters. The van der Waals surface area contributed by atoms with Crippen LogP contribution in [-0.2, 0) is 24.4 Å². The average molecular weight is 301 g/mol. The summed E-state index contributed by atoms with van der Waals surface area (Å²) in [5.74, 6) is -0.145. The van der Waals surface area contributed by atoms with Crippen LogP contribution in [0.5, 0.6) is 5.75 Å². The third-order valence-corrected chi connectivity index (χ3v) is 3.88. The molecular weight excluding hydrogens is 282 g/mol. The van der Waals surface area contributed by atoms with Crippen LogP contribution < -0.4 is 10.5 Å². The molecule has 6 heteroatoms. The monoisotopic (exact) mass is 301 g/mol. The summed E-state index contributed by atoms with van der Waals surface area (Å²) >= 11 is 0. The van der Waals surface area contributed by atoms with Gasteiger partial charge in [-0.1, -0.05) is 18.2 Å². The van der Waals surface area contributed by atoms with E-state index >= 15 is 0 Å². The number of carboxylic acids is 1. The number of benzene rings is 1. The van der Waals surface area contributed by atoms with E-state index in [4.69, 9.17) is 15.6 Å². The van der Waals surface area contributed by atoms with E-state index in [0.29, 0.717) is 6.61 Å². The fourth-order valence-electron chi connectivity index (χ4n) is 2.92. The molecule has 0 spiro atoms. The predicted molar refractivity (Wildman–Crippen MR) is 80.5 cm³/mol. The Hall–Kier alpha value is -2.34. The van der Waals surface area contributed by atoms with Crippen LogP contribution >= 0.6 is 0 Å². The topological polar surface area (TPSA) is 90.4 Å². The van der Waals surface area contributed by atoms with Gasteiger partial charge in [0.25, 0.3) is 0 Å². The number of nitrogens with zero attached hydrogens (tertiary/aromatic N) is 2. The molecule has 1 aromatic carbocycles. The summed E-state index contributed by atoms with van der Waals surface area (Å²) in [6.07, 6.45) is 2.66. The molecule has 1 atom stereocenters. The summed E-state index contributed by atoms with van der Waals surface area (Å²) in [6.45, 7) is 0.160. The largest absolute Gasteiger partial charge is 0.487 e. The summed E-state index contributed by atoms with van der Waals surface area (Å²) in [5.41, 5.74) is 8.85. The summed E-state index contributed by atoms with van der Waals surface area (Å²) in [7, 11) is 0. The second-order valence-electron chi connectivity index (χ2n) is 5.46. The second kappa shape index (κ2) is 6.19. The first kappa shape index (κ1) is 14.6. The normalized spacial score (nSPS) is 17.0. The van der Waals surface area contributed by atoms with Crippen molar-refractivity contribution in [1.82, 2.24) is 9.78 Å². The van der Waals surface area contributed by atoms with Crippen LogP contribution in [0.2, 0.25) is 0 Å². The molecule has 1 aliphatic rings. The molecule has 3 N–H and O–H groups in total. The molecule has 0 bridgehead atoms. The van der Waals surface area contributed by atoms with E-state index in [-0.39, 0.29) is 12.6 Å². The number of rotatable bonds is 5. The molecule has 1 aliphatic carbocycles. The number of carboxylic acid groups (broad SMARTS) is 1. The molecule has 22 heavy (non-hydrogen) atoms. The van der Waals surface area contributed by atoms with Gasteiger partial charge >= 0.3 is 5.97 Å². The van der Waals surface area contributed by atoms with E-state index < -0.39 is 5.97 Å². The fourth-order valence-corrected chi connectivity index (χ4v) is 2.92. The first-order valence-corrected chi connectivity index (χ1v) is 7.39. The molecule has 2 aromatic rings. The summed E-state index contributed by atoms with van der Waals surface area (Å²) in [4.78, 5) is 11.0. The number of para-hydroxylation sites is 1. The third kappa shape index (κ3) is 2.96. The van der Waals surface area contributed by atoms with Crippen molar-refractivity contribution in [2.45, 2.75) is 38.5 Å². The Morgan fingerprint density at radius 1 is 1.41 bits per heavy atom. The third-order valence-electron chi connectivity index (χ3n) is 3.88. The van der Waals surface area contributed by atoms with E-state index in [2.05, 4.69) is 5.10 Å². The van der Waals surface area contributed by atoms with Crippen molar-refractivity contribution in [2.75, 3.05) is 0 Å². The molecule has 0 saturated carbocycles. The Morgan fingerprint density at radius 3 is 2.91 bits per heavy atom. The molecule has 116 valence electrons. The fraction of sp³-hybridized carbons (Fsp3) is 0.375. The molecule has 3 rings (SSSR count). The second-order valence-corrected chi connectivity index (χ2v) is 5.46. The van der Waals surface area contributed by atoms with Crippen molar-refractivity contribution >= 4 is 5.97 Å². The van der Waals surface area contributed by atoms with E-state index in [9.17, 15) is 4.79 Å². The minimum absolute atomic E-state index is 0.0966.